The summed E-state index contributed by atoms with van der Waals surface area (Å²) in [6, 6.07) is 15.8. The summed E-state index contributed by atoms with van der Waals surface area (Å²) >= 11 is 0. The van der Waals surface area contributed by atoms with Gasteiger partial charge in [-0.05, 0) is 28.2 Å². The van der Waals surface area contributed by atoms with Gasteiger partial charge < -0.3 is 4.74 Å². The summed E-state index contributed by atoms with van der Waals surface area (Å²) in [6.45, 7) is 0. The van der Waals surface area contributed by atoms with Gasteiger partial charge in [-0.1, -0.05) is 48.5 Å². The van der Waals surface area contributed by atoms with Crippen LogP contribution in [0.25, 0.3) is 11.1 Å². The van der Waals surface area contributed by atoms with Crippen molar-refractivity contribution in [3.05, 3.63) is 59.7 Å². The van der Waals surface area contributed by atoms with Crippen molar-refractivity contribution in [3.63, 3.8) is 0 Å². The third kappa shape index (κ3) is 3.93. The van der Waals surface area contributed by atoms with E-state index in [4.69, 9.17) is 0 Å². The molecule has 0 bridgehead atoms. The molecule has 5 heteroatoms. The van der Waals surface area contributed by atoms with Gasteiger partial charge in [0, 0.05) is 18.8 Å². The van der Waals surface area contributed by atoms with Crippen LogP contribution >= 0.6 is 0 Å². The number of carbonyl (C=O) groups excluding carboxylic acids is 4. The van der Waals surface area contributed by atoms with Gasteiger partial charge in [-0.2, -0.15) is 0 Å². The first kappa shape index (κ1) is 18.3. The normalized spacial score (nSPS) is 19.0. The second-order valence-corrected chi connectivity index (χ2v) is 7.55. The third-order valence-corrected chi connectivity index (χ3v) is 5.49. The third-order valence-electron chi connectivity index (χ3n) is 5.49. The Bertz CT molecular complexity index is 828. The molecule has 0 N–H and O–H groups in total. The molecule has 2 aromatic rings. The van der Waals surface area contributed by atoms with Crippen LogP contribution in [0.5, 0.6) is 0 Å². The zero-order valence-corrected chi connectivity index (χ0v) is 15.4. The molecular weight excluding hydrogens is 356 g/mol. The van der Waals surface area contributed by atoms with Crippen LogP contribution in [0.15, 0.2) is 48.5 Å². The van der Waals surface area contributed by atoms with Crippen LogP contribution in [0.4, 0.5) is 0 Å². The lowest BCUT2D eigenvalue weighted by Gasteiger charge is -2.21. The van der Waals surface area contributed by atoms with E-state index < -0.39 is 11.9 Å². The summed E-state index contributed by atoms with van der Waals surface area (Å²) in [4.78, 5) is 46.3. The Balaban J connectivity index is 1.49. The molecule has 5 nitrogen and oxygen atoms in total. The molecule has 0 spiro atoms. The molecule has 4 rings (SSSR count). The van der Waals surface area contributed by atoms with E-state index in [-0.39, 0.29) is 42.7 Å². The Kier molecular flexibility index (Phi) is 4.90. The molecule has 2 fully saturated rings. The van der Waals surface area contributed by atoms with E-state index in [1.807, 2.05) is 48.5 Å². The standard InChI is InChI=1S/C23H20O5/c24-20-9-18(10-21(25)13-20)16-5-1-14(2-6-16)15-3-7-17(8-4-15)19-11-22(26)28-23(27)12-19/h1-8,18-19H,9-13H2. The SMILES string of the molecule is O=C1CC(=O)CC(c2ccc(-c3ccc(C4CC(=O)OC(=O)C4)cc3)cc2)C1. The molecule has 0 amide bonds. The Morgan fingerprint density at radius 3 is 1.39 bits per heavy atom. The Hall–Kier alpha value is -3.08. The average Bonchev–Trinajstić information content (AvgIpc) is 2.67. The van der Waals surface area contributed by atoms with E-state index in [0.717, 1.165) is 22.3 Å². The monoisotopic (exact) mass is 376 g/mol. The average molecular weight is 376 g/mol. The molecule has 142 valence electrons. The largest absolute Gasteiger partial charge is 0.393 e. The second-order valence-electron chi connectivity index (χ2n) is 7.55. The lowest BCUT2D eigenvalue weighted by Crippen LogP contribution is -2.24. The molecule has 1 heterocycles. The fourth-order valence-electron chi connectivity index (χ4n) is 4.04. The fourth-order valence-corrected chi connectivity index (χ4v) is 4.04. The number of rotatable bonds is 3. The first-order valence-electron chi connectivity index (χ1n) is 9.45. The van der Waals surface area contributed by atoms with Crippen molar-refractivity contribution in [1.29, 1.82) is 0 Å². The van der Waals surface area contributed by atoms with Crippen LogP contribution in [0.3, 0.4) is 0 Å². The van der Waals surface area contributed by atoms with Gasteiger partial charge in [0.15, 0.2) is 0 Å². The van der Waals surface area contributed by atoms with Crippen LogP contribution in [-0.4, -0.2) is 23.5 Å². The smallest absolute Gasteiger partial charge is 0.314 e. The second kappa shape index (κ2) is 7.50. The number of benzene rings is 2. The molecule has 0 aromatic heterocycles. The summed E-state index contributed by atoms with van der Waals surface area (Å²) in [5, 5.41) is 0. The number of hydrogen-bond donors (Lipinski definition) is 0. The zero-order chi connectivity index (χ0) is 19.7. The van der Waals surface area contributed by atoms with Crippen LogP contribution in [0, 0.1) is 0 Å². The Morgan fingerprint density at radius 2 is 0.964 bits per heavy atom. The number of esters is 2. The highest BCUT2D eigenvalue weighted by Gasteiger charge is 2.28. The van der Waals surface area contributed by atoms with Crippen LogP contribution in [0.2, 0.25) is 0 Å². The number of Topliss-reactive ketones (excluding diaryl/α,β-unsaturated/α-hetero) is 2. The van der Waals surface area contributed by atoms with E-state index >= 15 is 0 Å². The molecule has 1 saturated heterocycles. The van der Waals surface area contributed by atoms with Gasteiger partial charge in [-0.25, -0.2) is 0 Å². The molecule has 2 aromatic carbocycles. The minimum absolute atomic E-state index is 0.0194. The maximum absolute atomic E-state index is 11.7. The number of cyclic esters (lactones) is 2. The number of ketones is 2. The molecule has 0 radical (unpaired) electrons. The molecule has 0 atom stereocenters. The van der Waals surface area contributed by atoms with Crippen molar-refractivity contribution in [2.24, 2.45) is 0 Å². The first-order chi connectivity index (χ1) is 13.5. The van der Waals surface area contributed by atoms with Crippen molar-refractivity contribution in [2.45, 2.75) is 43.9 Å². The van der Waals surface area contributed by atoms with Gasteiger partial charge in [0.05, 0.1) is 19.3 Å². The van der Waals surface area contributed by atoms with Crippen molar-refractivity contribution in [2.75, 3.05) is 0 Å². The maximum Gasteiger partial charge on any atom is 0.314 e. The van der Waals surface area contributed by atoms with Crippen molar-refractivity contribution in [1.82, 2.24) is 0 Å². The van der Waals surface area contributed by atoms with Gasteiger partial charge in [-0.15, -0.1) is 0 Å². The molecule has 28 heavy (non-hydrogen) atoms. The maximum atomic E-state index is 11.7. The lowest BCUT2D eigenvalue weighted by molar-refractivity contribution is -0.164. The highest BCUT2D eigenvalue weighted by molar-refractivity contribution is 6.02. The predicted octanol–water partition coefficient (Wildman–Crippen LogP) is 3.71. The molecule has 2 aliphatic rings. The molecule has 0 unspecified atom stereocenters. The highest BCUT2D eigenvalue weighted by Crippen LogP contribution is 2.32. The van der Waals surface area contributed by atoms with Gasteiger partial charge in [0.2, 0.25) is 0 Å². The summed E-state index contributed by atoms with van der Waals surface area (Å²) in [5.41, 5.74) is 4.02. The summed E-state index contributed by atoms with van der Waals surface area (Å²) in [7, 11) is 0. The summed E-state index contributed by atoms with van der Waals surface area (Å²) in [6.07, 6.45) is 1.38. The highest BCUT2D eigenvalue weighted by atomic mass is 16.6. The van der Waals surface area contributed by atoms with E-state index in [0.29, 0.717) is 12.8 Å². The number of ether oxygens (including phenoxy) is 1. The van der Waals surface area contributed by atoms with E-state index in [2.05, 4.69) is 4.74 Å². The Labute approximate surface area is 162 Å². The zero-order valence-electron chi connectivity index (χ0n) is 15.4. The van der Waals surface area contributed by atoms with Gasteiger partial charge in [-0.3, -0.25) is 19.2 Å². The molecule has 1 aliphatic carbocycles. The molecule has 1 aliphatic heterocycles. The van der Waals surface area contributed by atoms with Crippen LogP contribution in [0.1, 0.15) is 55.1 Å². The lowest BCUT2D eigenvalue weighted by atomic mass is 9.82. The van der Waals surface area contributed by atoms with Gasteiger partial charge in [0.25, 0.3) is 0 Å². The van der Waals surface area contributed by atoms with Crippen molar-refractivity contribution < 1.29 is 23.9 Å². The van der Waals surface area contributed by atoms with Gasteiger partial charge >= 0.3 is 11.9 Å². The molecule has 1 saturated carbocycles. The van der Waals surface area contributed by atoms with Crippen LogP contribution < -0.4 is 0 Å². The van der Waals surface area contributed by atoms with Crippen molar-refractivity contribution in [3.8, 4) is 11.1 Å². The number of hydrogen-bond acceptors (Lipinski definition) is 5. The quantitative estimate of drug-likeness (QED) is 0.603. The summed E-state index contributed by atoms with van der Waals surface area (Å²) < 4.78 is 4.59. The molecular formula is C23H20O5. The fraction of sp³-hybridized carbons (Fsp3) is 0.304. The summed E-state index contributed by atoms with van der Waals surface area (Å²) in [5.74, 6) is -1.06. The predicted molar refractivity (Wildman–Crippen MR) is 102 cm³/mol. The van der Waals surface area contributed by atoms with E-state index in [1.54, 1.807) is 0 Å². The van der Waals surface area contributed by atoms with Crippen molar-refractivity contribution >= 4 is 23.5 Å². The first-order valence-corrected chi connectivity index (χ1v) is 9.45. The number of carbonyl (C=O) groups is 4. The van der Waals surface area contributed by atoms with E-state index in [9.17, 15) is 19.2 Å². The van der Waals surface area contributed by atoms with Crippen LogP contribution in [-0.2, 0) is 23.9 Å². The van der Waals surface area contributed by atoms with E-state index in [1.165, 1.54) is 0 Å². The minimum Gasteiger partial charge on any atom is -0.393 e. The topological polar surface area (TPSA) is 77.5 Å². The van der Waals surface area contributed by atoms with Gasteiger partial charge in [0.1, 0.15) is 11.6 Å². The minimum atomic E-state index is -0.472. The Morgan fingerprint density at radius 1 is 0.571 bits per heavy atom.